The van der Waals surface area contributed by atoms with Crippen molar-refractivity contribution in [2.75, 3.05) is 13.7 Å². The van der Waals surface area contributed by atoms with Crippen molar-refractivity contribution in [2.24, 2.45) is 10.9 Å². The van der Waals surface area contributed by atoms with E-state index >= 15 is 0 Å². The lowest BCUT2D eigenvalue weighted by molar-refractivity contribution is -0.126. The van der Waals surface area contributed by atoms with Gasteiger partial charge in [-0.3, -0.25) is 9.89 Å². The molecule has 0 radical (unpaired) electrons. The van der Waals surface area contributed by atoms with Gasteiger partial charge in [0.05, 0.1) is 12.8 Å². The van der Waals surface area contributed by atoms with Crippen LogP contribution >= 0.6 is 0 Å². The molecule has 124 valence electrons. The molecule has 23 heavy (non-hydrogen) atoms. The summed E-state index contributed by atoms with van der Waals surface area (Å²) in [7, 11) is 1.64. The Bertz CT molecular complexity index is 656. The van der Waals surface area contributed by atoms with Crippen LogP contribution in [0.15, 0.2) is 40.8 Å². The summed E-state index contributed by atoms with van der Waals surface area (Å²) in [6.07, 6.45) is 7.80. The fraction of sp³-hybridized carbons (Fsp3) is 0.529. The fourth-order valence-corrected chi connectivity index (χ4v) is 3.01. The van der Waals surface area contributed by atoms with Crippen molar-refractivity contribution >= 4 is 11.8 Å². The zero-order valence-electron chi connectivity index (χ0n) is 13.9. The highest BCUT2D eigenvalue weighted by Crippen LogP contribution is 2.38. The number of methoxy groups -OCH3 is 1. The van der Waals surface area contributed by atoms with E-state index in [9.17, 15) is 9.90 Å². The molecule has 1 N–H and O–H groups in total. The lowest BCUT2D eigenvalue weighted by atomic mass is 9.89. The van der Waals surface area contributed by atoms with Gasteiger partial charge >= 0.3 is 6.09 Å². The van der Waals surface area contributed by atoms with Crippen molar-refractivity contribution in [3.05, 3.63) is 35.8 Å². The first kappa shape index (κ1) is 15.8. The predicted octanol–water partition coefficient (Wildman–Crippen LogP) is 2.37. The number of cyclic esters (lactones) is 1. The minimum absolute atomic E-state index is 0.0755. The maximum atomic E-state index is 12.0. The largest absolute Gasteiger partial charge is 0.497 e. The Kier molecular flexibility index (Phi) is 3.59. The molecule has 0 aromatic carbocycles. The van der Waals surface area contributed by atoms with Gasteiger partial charge in [0.25, 0.3) is 0 Å². The molecule has 0 bridgehead atoms. The van der Waals surface area contributed by atoms with Crippen LogP contribution < -0.4 is 0 Å². The number of fused-ring (bicyclic) bond motifs is 1. The molecule has 6 heteroatoms. The smallest absolute Gasteiger partial charge is 0.412 e. The van der Waals surface area contributed by atoms with Gasteiger partial charge in [-0.05, 0) is 51.0 Å². The molecule has 1 amide bonds. The molecule has 2 atom stereocenters. The average molecular weight is 318 g/mol. The third-order valence-corrected chi connectivity index (χ3v) is 4.94. The van der Waals surface area contributed by atoms with E-state index in [1.54, 1.807) is 27.9 Å². The summed E-state index contributed by atoms with van der Waals surface area (Å²) >= 11 is 0. The van der Waals surface area contributed by atoms with E-state index < -0.39 is 17.4 Å². The van der Waals surface area contributed by atoms with E-state index in [2.05, 4.69) is 4.99 Å². The van der Waals surface area contributed by atoms with Crippen molar-refractivity contribution in [2.45, 2.75) is 38.5 Å². The van der Waals surface area contributed by atoms with Crippen LogP contribution in [0.4, 0.5) is 4.79 Å². The summed E-state index contributed by atoms with van der Waals surface area (Å²) in [5.41, 5.74) is -0.219. The van der Waals surface area contributed by atoms with E-state index in [0.29, 0.717) is 13.0 Å². The second-order valence-electron chi connectivity index (χ2n) is 6.64. The monoisotopic (exact) mass is 318 g/mol. The van der Waals surface area contributed by atoms with Gasteiger partial charge in [0.2, 0.25) is 0 Å². The molecule has 0 spiro atoms. The Morgan fingerprint density at radius 2 is 2.13 bits per heavy atom. The van der Waals surface area contributed by atoms with Crippen molar-refractivity contribution < 1.29 is 19.4 Å². The molecule has 0 unspecified atom stereocenters. The molecular formula is C17H22N2O4. The van der Waals surface area contributed by atoms with Crippen LogP contribution in [0.25, 0.3) is 0 Å². The summed E-state index contributed by atoms with van der Waals surface area (Å²) in [6, 6.07) is 0. The molecule has 2 aliphatic heterocycles. The Morgan fingerprint density at radius 1 is 1.39 bits per heavy atom. The van der Waals surface area contributed by atoms with E-state index in [0.717, 1.165) is 17.0 Å². The van der Waals surface area contributed by atoms with Gasteiger partial charge in [-0.25, -0.2) is 4.79 Å². The Balaban J connectivity index is 1.70. The maximum absolute atomic E-state index is 12.0. The number of carbonyl (C=O) groups excluding carboxylic acids is 1. The highest BCUT2D eigenvalue weighted by molar-refractivity contribution is 6.03. The molecule has 0 aromatic heterocycles. The minimum Gasteiger partial charge on any atom is -0.497 e. The maximum Gasteiger partial charge on any atom is 0.412 e. The van der Waals surface area contributed by atoms with Crippen molar-refractivity contribution in [3.8, 4) is 0 Å². The van der Waals surface area contributed by atoms with Gasteiger partial charge in [0, 0.05) is 18.7 Å². The Morgan fingerprint density at radius 3 is 2.74 bits per heavy atom. The van der Waals surface area contributed by atoms with Gasteiger partial charge in [-0.2, -0.15) is 0 Å². The number of hydrogen-bond acceptors (Lipinski definition) is 5. The van der Waals surface area contributed by atoms with Crippen LogP contribution in [0.3, 0.4) is 0 Å². The Labute approximate surface area is 135 Å². The molecule has 1 saturated heterocycles. The summed E-state index contributed by atoms with van der Waals surface area (Å²) in [6.45, 7) is 5.40. The lowest BCUT2D eigenvalue weighted by Crippen LogP contribution is -2.53. The van der Waals surface area contributed by atoms with Crippen LogP contribution in [-0.2, 0) is 9.47 Å². The molecule has 3 aliphatic rings. The summed E-state index contributed by atoms with van der Waals surface area (Å²) < 4.78 is 10.5. The Hall–Kier alpha value is -2.08. The van der Waals surface area contributed by atoms with Crippen LogP contribution in [0.1, 0.15) is 27.2 Å². The topological polar surface area (TPSA) is 71.4 Å². The first-order valence-electron chi connectivity index (χ1n) is 7.70. The van der Waals surface area contributed by atoms with Gasteiger partial charge < -0.3 is 14.6 Å². The van der Waals surface area contributed by atoms with Crippen LogP contribution in [0.2, 0.25) is 0 Å². The molecule has 3 rings (SSSR count). The molecule has 6 nitrogen and oxygen atoms in total. The summed E-state index contributed by atoms with van der Waals surface area (Å²) in [5.74, 6) is 0.877. The number of aliphatic imine (C=N–C) groups is 1. The van der Waals surface area contributed by atoms with E-state index in [1.165, 1.54) is 4.90 Å². The molecular weight excluding hydrogens is 296 g/mol. The molecule has 1 aliphatic carbocycles. The number of nitrogens with zero attached hydrogens (tertiary/aromatic N) is 2. The fourth-order valence-electron chi connectivity index (χ4n) is 3.01. The van der Waals surface area contributed by atoms with Crippen LogP contribution in [0.5, 0.6) is 0 Å². The van der Waals surface area contributed by atoms with E-state index in [-0.39, 0.29) is 5.92 Å². The zero-order chi connectivity index (χ0) is 16.8. The highest BCUT2D eigenvalue weighted by Gasteiger charge is 2.56. The van der Waals surface area contributed by atoms with Crippen molar-refractivity contribution in [1.29, 1.82) is 0 Å². The number of amides is 1. The second-order valence-corrected chi connectivity index (χ2v) is 6.64. The third-order valence-electron chi connectivity index (χ3n) is 4.94. The van der Waals surface area contributed by atoms with Gasteiger partial charge in [-0.1, -0.05) is 0 Å². The number of aliphatic hydroxyl groups is 1. The first-order valence-corrected chi connectivity index (χ1v) is 7.70. The number of allylic oxidation sites excluding steroid dienone is 3. The molecule has 0 saturated carbocycles. The number of hydrogen-bond donors (Lipinski definition) is 1. The van der Waals surface area contributed by atoms with Crippen molar-refractivity contribution in [3.63, 3.8) is 0 Å². The van der Waals surface area contributed by atoms with Crippen molar-refractivity contribution in [1.82, 2.24) is 4.90 Å². The normalized spacial score (nSPS) is 31.3. The second kappa shape index (κ2) is 5.23. The number of rotatable bonds is 4. The molecule has 1 fully saturated rings. The minimum atomic E-state index is -1.34. The number of carbonyl (C=O) groups is 1. The first-order chi connectivity index (χ1) is 10.8. The predicted molar refractivity (Wildman–Crippen MR) is 85.7 cm³/mol. The lowest BCUT2D eigenvalue weighted by Gasteiger charge is -2.35. The highest BCUT2D eigenvalue weighted by atomic mass is 16.6. The quantitative estimate of drug-likeness (QED) is 0.864. The molecule has 2 heterocycles. The average Bonchev–Trinajstić information content (AvgIpc) is 2.94. The summed E-state index contributed by atoms with van der Waals surface area (Å²) in [5, 5.41) is 10.6. The van der Waals surface area contributed by atoms with Gasteiger partial charge in [-0.15, -0.1) is 0 Å². The van der Waals surface area contributed by atoms with E-state index in [1.807, 2.05) is 24.4 Å². The number of ether oxygens (including phenoxy) is 2. The standard InChI is InChI=1S/C17H22N2O4/c1-16(2)17(3,21)19(15(20)23-16)8-7-11-10-18-14-6-5-12(22-4)9-13(11)14/h5-6,9-10,13,21H,7-8H2,1-4H3/t13-,17+/m1/s1. The van der Waals surface area contributed by atoms with E-state index in [4.69, 9.17) is 9.47 Å². The summed E-state index contributed by atoms with van der Waals surface area (Å²) in [4.78, 5) is 17.8. The van der Waals surface area contributed by atoms with Crippen LogP contribution in [-0.4, -0.2) is 46.8 Å². The third kappa shape index (κ3) is 2.47. The van der Waals surface area contributed by atoms with Crippen LogP contribution in [0, 0.1) is 5.92 Å². The van der Waals surface area contributed by atoms with Gasteiger partial charge in [0.1, 0.15) is 5.76 Å². The van der Waals surface area contributed by atoms with Gasteiger partial charge in [0.15, 0.2) is 11.3 Å². The SMILES string of the molecule is COC1=C[C@@H]2C(CCN3C(=O)OC(C)(C)[C@]3(C)O)=CN=C2C=C1. The molecule has 0 aromatic rings. The zero-order valence-corrected chi connectivity index (χ0v) is 13.9.